The van der Waals surface area contributed by atoms with Crippen molar-refractivity contribution in [2.24, 2.45) is 5.73 Å². The Morgan fingerprint density at radius 1 is 1.38 bits per heavy atom. The molecule has 4 heteroatoms. The number of hydrogen-bond acceptors (Lipinski definition) is 2. The Hall–Kier alpha value is -1.06. The van der Waals surface area contributed by atoms with E-state index in [1.165, 1.54) is 19.3 Å². The molecule has 0 aliphatic heterocycles. The van der Waals surface area contributed by atoms with Gasteiger partial charge in [0.05, 0.1) is 12.3 Å². The molecule has 1 aliphatic rings. The van der Waals surface area contributed by atoms with Crippen molar-refractivity contribution in [3.05, 3.63) is 0 Å². The average molecular weight is 183 g/mol. The number of amides is 1. The van der Waals surface area contributed by atoms with Gasteiger partial charge in [-0.15, -0.1) is 0 Å². The van der Waals surface area contributed by atoms with Crippen LogP contribution in [0.4, 0.5) is 0 Å². The molecule has 0 spiro atoms. The molecule has 4 nitrogen and oxygen atoms in total. The fraction of sp³-hybridized carbons (Fsp3) is 0.778. The maximum Gasteiger partial charge on any atom is 0.227 e. The van der Waals surface area contributed by atoms with Crippen LogP contribution in [0.1, 0.15) is 38.5 Å². The van der Waals surface area contributed by atoms with Crippen LogP contribution < -0.4 is 11.1 Å². The summed E-state index contributed by atoms with van der Waals surface area (Å²) in [7, 11) is 0. The molecule has 0 radical (unpaired) electrons. The fourth-order valence-corrected chi connectivity index (χ4v) is 1.70. The first-order valence-electron chi connectivity index (χ1n) is 4.81. The van der Waals surface area contributed by atoms with E-state index in [9.17, 15) is 4.79 Å². The molecule has 0 saturated heterocycles. The highest BCUT2D eigenvalue weighted by atomic mass is 16.1. The van der Waals surface area contributed by atoms with Crippen LogP contribution in [0, 0.1) is 5.41 Å². The van der Waals surface area contributed by atoms with Crippen LogP contribution >= 0.6 is 0 Å². The normalized spacial score (nSPS) is 18.2. The molecule has 0 heterocycles. The molecule has 1 fully saturated rings. The minimum absolute atomic E-state index is 0.0382. The zero-order valence-electron chi connectivity index (χ0n) is 7.81. The van der Waals surface area contributed by atoms with E-state index >= 15 is 0 Å². The van der Waals surface area contributed by atoms with E-state index in [4.69, 9.17) is 11.1 Å². The summed E-state index contributed by atoms with van der Waals surface area (Å²) in [5, 5.41) is 9.85. The van der Waals surface area contributed by atoms with E-state index < -0.39 is 0 Å². The van der Waals surface area contributed by atoms with Crippen LogP contribution in [0.3, 0.4) is 0 Å². The monoisotopic (exact) mass is 183 g/mol. The molecule has 74 valence electrons. The summed E-state index contributed by atoms with van der Waals surface area (Å²) in [6.45, 7) is 0. The SMILES string of the molecule is N=C(N)CC(=O)NC1CCCCC1. The van der Waals surface area contributed by atoms with Crippen LogP contribution in [0.25, 0.3) is 0 Å². The topological polar surface area (TPSA) is 79.0 Å². The Morgan fingerprint density at radius 3 is 2.54 bits per heavy atom. The number of nitrogens with two attached hydrogens (primary N) is 1. The summed E-state index contributed by atoms with van der Waals surface area (Å²) < 4.78 is 0. The standard InChI is InChI=1S/C9H17N3O/c10-8(11)6-9(13)12-7-4-2-1-3-5-7/h7H,1-6H2,(H3,10,11)(H,12,13). The molecule has 0 aromatic heterocycles. The number of carbonyl (C=O) groups is 1. The van der Waals surface area contributed by atoms with E-state index in [0.29, 0.717) is 6.04 Å². The second-order valence-corrected chi connectivity index (χ2v) is 3.60. The molecule has 1 aliphatic carbocycles. The highest BCUT2D eigenvalue weighted by molar-refractivity contribution is 5.97. The van der Waals surface area contributed by atoms with E-state index in [1.807, 2.05) is 0 Å². The van der Waals surface area contributed by atoms with Crippen molar-refractivity contribution < 1.29 is 4.79 Å². The highest BCUT2D eigenvalue weighted by Gasteiger charge is 2.15. The maximum atomic E-state index is 11.2. The van der Waals surface area contributed by atoms with Crippen molar-refractivity contribution in [1.82, 2.24) is 5.32 Å². The molecule has 0 aromatic rings. The Balaban J connectivity index is 2.22. The minimum atomic E-state index is -0.112. The summed E-state index contributed by atoms with van der Waals surface area (Å²) in [5.74, 6) is -0.173. The number of rotatable bonds is 3. The third-order valence-electron chi connectivity index (χ3n) is 2.32. The fourth-order valence-electron chi connectivity index (χ4n) is 1.70. The third-order valence-corrected chi connectivity index (χ3v) is 2.32. The molecule has 4 N–H and O–H groups in total. The molecule has 1 saturated carbocycles. The van der Waals surface area contributed by atoms with Crippen molar-refractivity contribution in [2.75, 3.05) is 0 Å². The molecule has 0 bridgehead atoms. The molecule has 1 amide bonds. The molecule has 1 rings (SSSR count). The second-order valence-electron chi connectivity index (χ2n) is 3.60. The van der Waals surface area contributed by atoms with Gasteiger partial charge < -0.3 is 11.1 Å². The van der Waals surface area contributed by atoms with Gasteiger partial charge in [-0.2, -0.15) is 0 Å². The van der Waals surface area contributed by atoms with Gasteiger partial charge >= 0.3 is 0 Å². The molecule has 0 unspecified atom stereocenters. The number of nitrogens with one attached hydrogen (secondary N) is 2. The van der Waals surface area contributed by atoms with Crippen molar-refractivity contribution in [1.29, 1.82) is 5.41 Å². The van der Waals surface area contributed by atoms with Crippen molar-refractivity contribution >= 4 is 11.7 Å². The van der Waals surface area contributed by atoms with Crippen LogP contribution in [0.15, 0.2) is 0 Å². The largest absolute Gasteiger partial charge is 0.387 e. The minimum Gasteiger partial charge on any atom is -0.387 e. The van der Waals surface area contributed by atoms with Crippen molar-refractivity contribution in [3.63, 3.8) is 0 Å². The van der Waals surface area contributed by atoms with Gasteiger partial charge in [-0.25, -0.2) is 0 Å². The van der Waals surface area contributed by atoms with Crippen LogP contribution in [0.5, 0.6) is 0 Å². The lowest BCUT2D eigenvalue weighted by molar-refractivity contribution is -0.120. The predicted molar refractivity (Wildman–Crippen MR) is 51.5 cm³/mol. The van der Waals surface area contributed by atoms with Gasteiger partial charge in [0.25, 0.3) is 0 Å². The van der Waals surface area contributed by atoms with Crippen LogP contribution in [-0.2, 0) is 4.79 Å². The lowest BCUT2D eigenvalue weighted by Gasteiger charge is -2.22. The highest BCUT2D eigenvalue weighted by Crippen LogP contribution is 2.17. The quantitative estimate of drug-likeness (QED) is 0.446. The van der Waals surface area contributed by atoms with Gasteiger partial charge in [0.2, 0.25) is 5.91 Å². The van der Waals surface area contributed by atoms with Crippen LogP contribution in [-0.4, -0.2) is 17.8 Å². The smallest absolute Gasteiger partial charge is 0.227 e. The van der Waals surface area contributed by atoms with Crippen LogP contribution in [0.2, 0.25) is 0 Å². The summed E-state index contributed by atoms with van der Waals surface area (Å²) in [5.41, 5.74) is 5.12. The Kier molecular flexibility index (Phi) is 3.73. The Bertz CT molecular complexity index is 197. The summed E-state index contributed by atoms with van der Waals surface area (Å²) in [6.07, 6.45) is 5.86. The first-order valence-corrected chi connectivity index (χ1v) is 4.81. The third kappa shape index (κ3) is 3.92. The number of hydrogen-bond donors (Lipinski definition) is 3. The number of carbonyl (C=O) groups excluding carboxylic acids is 1. The van der Waals surface area contributed by atoms with E-state index in [-0.39, 0.29) is 18.2 Å². The van der Waals surface area contributed by atoms with Gasteiger partial charge in [-0.3, -0.25) is 10.2 Å². The Labute approximate surface area is 78.4 Å². The maximum absolute atomic E-state index is 11.2. The molecule has 0 aromatic carbocycles. The van der Waals surface area contributed by atoms with Gasteiger partial charge in [0.1, 0.15) is 0 Å². The first-order chi connectivity index (χ1) is 6.18. The zero-order chi connectivity index (χ0) is 9.68. The van der Waals surface area contributed by atoms with Crippen molar-refractivity contribution in [2.45, 2.75) is 44.6 Å². The molecular weight excluding hydrogens is 166 g/mol. The molecule has 0 atom stereocenters. The lowest BCUT2D eigenvalue weighted by atomic mass is 9.95. The van der Waals surface area contributed by atoms with E-state index in [0.717, 1.165) is 12.8 Å². The van der Waals surface area contributed by atoms with Gasteiger partial charge in [-0.05, 0) is 12.8 Å². The van der Waals surface area contributed by atoms with E-state index in [2.05, 4.69) is 5.32 Å². The van der Waals surface area contributed by atoms with Crippen molar-refractivity contribution in [3.8, 4) is 0 Å². The molecular formula is C9H17N3O. The lowest BCUT2D eigenvalue weighted by Crippen LogP contribution is -2.37. The Morgan fingerprint density at radius 2 is 2.00 bits per heavy atom. The number of amidine groups is 1. The molecule has 13 heavy (non-hydrogen) atoms. The zero-order valence-corrected chi connectivity index (χ0v) is 7.81. The van der Waals surface area contributed by atoms with Gasteiger partial charge in [0, 0.05) is 6.04 Å². The van der Waals surface area contributed by atoms with Gasteiger partial charge in [-0.1, -0.05) is 19.3 Å². The predicted octanol–water partition coefficient (Wildman–Crippen LogP) is 0.761. The summed E-state index contributed by atoms with van der Waals surface area (Å²) in [4.78, 5) is 11.2. The second kappa shape index (κ2) is 4.84. The average Bonchev–Trinajstić information content (AvgIpc) is 2.04. The summed E-state index contributed by atoms with van der Waals surface area (Å²) >= 11 is 0. The van der Waals surface area contributed by atoms with E-state index in [1.54, 1.807) is 0 Å². The summed E-state index contributed by atoms with van der Waals surface area (Å²) in [6, 6.07) is 0.320. The first kappa shape index (κ1) is 10.0. The van der Waals surface area contributed by atoms with Gasteiger partial charge in [0.15, 0.2) is 0 Å².